The molecule has 0 aliphatic heterocycles. The Hall–Kier alpha value is -0.540. The van der Waals surface area contributed by atoms with Gasteiger partial charge in [0.1, 0.15) is 0 Å². The molecule has 16 heavy (non-hydrogen) atoms. The summed E-state index contributed by atoms with van der Waals surface area (Å²) < 4.78 is 0. The molecule has 0 aliphatic rings. The van der Waals surface area contributed by atoms with Crippen molar-refractivity contribution in [3.05, 3.63) is 30.1 Å². The SMILES string of the molecule is CC(C)CSCC(C)NCc1cccnc1. The first-order chi connectivity index (χ1) is 7.68. The number of pyridine rings is 1. The molecule has 1 aromatic rings. The summed E-state index contributed by atoms with van der Waals surface area (Å²) in [5, 5.41) is 3.51. The summed E-state index contributed by atoms with van der Waals surface area (Å²) in [6.45, 7) is 7.68. The molecule has 3 heteroatoms. The number of hydrogen-bond acceptors (Lipinski definition) is 3. The number of aromatic nitrogens is 1. The molecule has 0 spiro atoms. The molecule has 0 aromatic carbocycles. The topological polar surface area (TPSA) is 24.9 Å². The zero-order valence-corrected chi connectivity index (χ0v) is 11.3. The van der Waals surface area contributed by atoms with Crippen LogP contribution >= 0.6 is 11.8 Å². The lowest BCUT2D eigenvalue weighted by Gasteiger charge is -2.14. The van der Waals surface area contributed by atoms with E-state index in [2.05, 4.69) is 37.1 Å². The second-order valence-electron chi connectivity index (χ2n) is 4.57. The smallest absolute Gasteiger partial charge is 0.0312 e. The molecule has 0 aliphatic carbocycles. The fourth-order valence-corrected chi connectivity index (χ4v) is 2.41. The van der Waals surface area contributed by atoms with Gasteiger partial charge in [-0.15, -0.1) is 0 Å². The van der Waals surface area contributed by atoms with Crippen LogP contribution in [0.25, 0.3) is 0 Å². The van der Waals surface area contributed by atoms with Crippen LogP contribution in [0.1, 0.15) is 26.3 Å². The van der Waals surface area contributed by atoms with E-state index in [1.54, 1.807) is 0 Å². The number of hydrogen-bond donors (Lipinski definition) is 1. The van der Waals surface area contributed by atoms with Crippen molar-refractivity contribution in [2.24, 2.45) is 5.92 Å². The molecule has 1 unspecified atom stereocenters. The molecule has 90 valence electrons. The molecule has 0 saturated heterocycles. The Morgan fingerprint density at radius 2 is 2.12 bits per heavy atom. The van der Waals surface area contributed by atoms with E-state index >= 15 is 0 Å². The normalized spacial score (nSPS) is 13.0. The van der Waals surface area contributed by atoms with E-state index in [-0.39, 0.29) is 0 Å². The highest BCUT2D eigenvalue weighted by Gasteiger charge is 2.02. The van der Waals surface area contributed by atoms with Gasteiger partial charge in [-0.2, -0.15) is 11.8 Å². The van der Waals surface area contributed by atoms with Crippen molar-refractivity contribution in [2.45, 2.75) is 33.4 Å². The van der Waals surface area contributed by atoms with Gasteiger partial charge in [-0.3, -0.25) is 4.98 Å². The Kier molecular flexibility index (Phi) is 6.50. The average Bonchev–Trinajstić information content (AvgIpc) is 2.27. The average molecular weight is 238 g/mol. The van der Waals surface area contributed by atoms with Crippen molar-refractivity contribution in [3.8, 4) is 0 Å². The molecule has 1 aromatic heterocycles. The highest BCUT2D eigenvalue weighted by atomic mass is 32.2. The molecular weight excluding hydrogens is 216 g/mol. The minimum atomic E-state index is 0.559. The molecule has 2 nitrogen and oxygen atoms in total. The predicted molar refractivity (Wildman–Crippen MR) is 72.7 cm³/mol. The lowest BCUT2D eigenvalue weighted by molar-refractivity contribution is 0.594. The second-order valence-corrected chi connectivity index (χ2v) is 5.65. The maximum absolute atomic E-state index is 4.10. The van der Waals surface area contributed by atoms with E-state index in [1.165, 1.54) is 17.1 Å². The van der Waals surface area contributed by atoms with E-state index < -0.39 is 0 Å². The minimum Gasteiger partial charge on any atom is -0.309 e. The van der Waals surface area contributed by atoms with Crippen LogP contribution in [0.3, 0.4) is 0 Å². The first-order valence-corrected chi connectivity index (χ1v) is 7.04. The number of rotatable bonds is 7. The van der Waals surface area contributed by atoms with E-state index in [0.29, 0.717) is 6.04 Å². The Bertz CT molecular complexity index is 275. The van der Waals surface area contributed by atoms with Crippen LogP contribution in [0.15, 0.2) is 24.5 Å². The fraction of sp³-hybridized carbons (Fsp3) is 0.615. The van der Waals surface area contributed by atoms with Crippen molar-refractivity contribution in [2.75, 3.05) is 11.5 Å². The minimum absolute atomic E-state index is 0.559. The first-order valence-electron chi connectivity index (χ1n) is 5.88. The molecule has 1 rings (SSSR count). The van der Waals surface area contributed by atoms with Gasteiger partial charge in [-0.05, 0) is 30.2 Å². The van der Waals surface area contributed by atoms with E-state index in [1.807, 2.05) is 30.2 Å². The van der Waals surface area contributed by atoms with Crippen molar-refractivity contribution in [3.63, 3.8) is 0 Å². The van der Waals surface area contributed by atoms with E-state index in [9.17, 15) is 0 Å². The molecule has 0 saturated carbocycles. The van der Waals surface area contributed by atoms with Gasteiger partial charge in [0, 0.05) is 30.7 Å². The van der Waals surface area contributed by atoms with Gasteiger partial charge in [-0.25, -0.2) is 0 Å². The summed E-state index contributed by atoms with van der Waals surface area (Å²) in [6.07, 6.45) is 3.73. The summed E-state index contributed by atoms with van der Waals surface area (Å²) >= 11 is 2.03. The Morgan fingerprint density at radius 3 is 2.75 bits per heavy atom. The van der Waals surface area contributed by atoms with Crippen LogP contribution in [0, 0.1) is 5.92 Å². The van der Waals surface area contributed by atoms with Crippen molar-refractivity contribution in [1.29, 1.82) is 0 Å². The van der Waals surface area contributed by atoms with Crippen LogP contribution in [-0.4, -0.2) is 22.5 Å². The molecule has 0 bridgehead atoms. The molecule has 0 amide bonds. The van der Waals surface area contributed by atoms with Crippen LogP contribution in [0.2, 0.25) is 0 Å². The van der Waals surface area contributed by atoms with Gasteiger partial charge < -0.3 is 5.32 Å². The second kappa shape index (κ2) is 7.69. The number of thioether (sulfide) groups is 1. The monoisotopic (exact) mass is 238 g/mol. The molecule has 1 atom stereocenters. The lowest BCUT2D eigenvalue weighted by atomic mass is 10.2. The van der Waals surface area contributed by atoms with Crippen molar-refractivity contribution >= 4 is 11.8 Å². The molecular formula is C13H22N2S. The summed E-state index contributed by atoms with van der Waals surface area (Å²) in [6, 6.07) is 4.65. The summed E-state index contributed by atoms with van der Waals surface area (Å²) in [5.41, 5.74) is 1.25. The Balaban J connectivity index is 2.13. The van der Waals surface area contributed by atoms with Gasteiger partial charge in [0.2, 0.25) is 0 Å². The highest BCUT2D eigenvalue weighted by Crippen LogP contribution is 2.09. The molecule has 0 radical (unpaired) electrons. The third-order valence-electron chi connectivity index (χ3n) is 2.20. The van der Waals surface area contributed by atoms with Gasteiger partial charge in [0.05, 0.1) is 0 Å². The third-order valence-corrected chi connectivity index (χ3v) is 3.83. The Morgan fingerprint density at radius 1 is 1.31 bits per heavy atom. The van der Waals surface area contributed by atoms with Crippen LogP contribution in [0.4, 0.5) is 0 Å². The zero-order chi connectivity index (χ0) is 11.8. The van der Waals surface area contributed by atoms with E-state index in [0.717, 1.165) is 12.5 Å². The first kappa shape index (κ1) is 13.5. The largest absolute Gasteiger partial charge is 0.309 e. The highest BCUT2D eigenvalue weighted by molar-refractivity contribution is 7.99. The van der Waals surface area contributed by atoms with Crippen LogP contribution in [0.5, 0.6) is 0 Å². The van der Waals surface area contributed by atoms with Gasteiger partial charge in [0.25, 0.3) is 0 Å². The number of nitrogens with one attached hydrogen (secondary N) is 1. The zero-order valence-electron chi connectivity index (χ0n) is 10.4. The van der Waals surface area contributed by atoms with E-state index in [4.69, 9.17) is 0 Å². The van der Waals surface area contributed by atoms with Crippen molar-refractivity contribution in [1.82, 2.24) is 10.3 Å². The predicted octanol–water partition coefficient (Wildman–Crippen LogP) is 2.95. The van der Waals surface area contributed by atoms with Gasteiger partial charge in [0.15, 0.2) is 0 Å². The quantitative estimate of drug-likeness (QED) is 0.790. The lowest BCUT2D eigenvalue weighted by Crippen LogP contribution is -2.27. The van der Waals surface area contributed by atoms with Gasteiger partial charge >= 0.3 is 0 Å². The summed E-state index contributed by atoms with van der Waals surface area (Å²) in [5.74, 6) is 3.22. The fourth-order valence-electron chi connectivity index (χ4n) is 1.33. The standard InChI is InChI=1S/C13H22N2S/c1-11(2)9-16-10-12(3)15-8-13-5-4-6-14-7-13/h4-7,11-12,15H,8-10H2,1-3H3. The number of nitrogens with zero attached hydrogens (tertiary/aromatic N) is 1. The summed E-state index contributed by atoms with van der Waals surface area (Å²) in [4.78, 5) is 4.10. The van der Waals surface area contributed by atoms with Crippen molar-refractivity contribution < 1.29 is 0 Å². The van der Waals surface area contributed by atoms with Crippen LogP contribution < -0.4 is 5.32 Å². The molecule has 1 N–H and O–H groups in total. The maximum Gasteiger partial charge on any atom is 0.0312 e. The van der Waals surface area contributed by atoms with Crippen LogP contribution in [-0.2, 0) is 6.54 Å². The maximum atomic E-state index is 4.10. The van der Waals surface area contributed by atoms with Gasteiger partial charge in [-0.1, -0.05) is 19.9 Å². The third kappa shape index (κ3) is 6.13. The summed E-state index contributed by atoms with van der Waals surface area (Å²) in [7, 11) is 0. The molecule has 0 fully saturated rings. The Labute approximate surface area is 103 Å². The molecule has 1 heterocycles.